The van der Waals surface area contributed by atoms with Crippen molar-refractivity contribution in [3.8, 4) is 0 Å². The number of pyridine rings is 1. The van der Waals surface area contributed by atoms with Crippen molar-refractivity contribution in [2.75, 3.05) is 0 Å². The first-order valence-electron chi connectivity index (χ1n) is 2.93. The Labute approximate surface area is 68.6 Å². The van der Waals surface area contributed by atoms with Crippen LogP contribution in [0.4, 0.5) is 0 Å². The topological polar surface area (TPSA) is 12.9 Å². The molecular weight excluding hydrogens is 225 g/mol. The highest BCUT2D eigenvalue weighted by Gasteiger charge is 1.88. The molecule has 0 saturated carbocycles. The van der Waals surface area contributed by atoms with E-state index >= 15 is 0 Å². The lowest BCUT2D eigenvalue weighted by Crippen LogP contribution is -1.83. The highest BCUT2D eigenvalue weighted by molar-refractivity contribution is 14.1. The fraction of sp³-hybridized carbons (Fsp3) is 0.286. The summed E-state index contributed by atoms with van der Waals surface area (Å²) in [7, 11) is 0. The second-order valence-electron chi connectivity index (χ2n) is 1.84. The van der Waals surface area contributed by atoms with Crippen LogP contribution >= 0.6 is 22.6 Å². The molecule has 0 radical (unpaired) electrons. The maximum atomic E-state index is 4.07. The Balaban J connectivity index is 2.94. The van der Waals surface area contributed by atoms with E-state index in [9.17, 15) is 0 Å². The number of hydrogen-bond donors (Lipinski definition) is 0. The molecule has 1 aromatic heterocycles. The van der Waals surface area contributed by atoms with Gasteiger partial charge in [-0.3, -0.25) is 4.98 Å². The summed E-state index contributed by atoms with van der Waals surface area (Å²) in [4.78, 5) is 4.07. The largest absolute Gasteiger partial charge is 0.250 e. The Morgan fingerprint density at radius 2 is 2.44 bits per heavy atom. The van der Waals surface area contributed by atoms with Crippen LogP contribution in [0.5, 0.6) is 0 Å². The first-order valence-corrected chi connectivity index (χ1v) is 4.01. The second-order valence-corrected chi connectivity index (χ2v) is 2.95. The van der Waals surface area contributed by atoms with Gasteiger partial charge >= 0.3 is 0 Å². The molecule has 0 aliphatic carbocycles. The van der Waals surface area contributed by atoms with Crippen LogP contribution in [-0.4, -0.2) is 4.98 Å². The van der Waals surface area contributed by atoms with E-state index in [2.05, 4.69) is 40.6 Å². The Morgan fingerprint density at radius 1 is 1.67 bits per heavy atom. The first-order chi connectivity index (χ1) is 4.33. The van der Waals surface area contributed by atoms with Crippen molar-refractivity contribution >= 4 is 22.6 Å². The highest BCUT2D eigenvalue weighted by atomic mass is 127. The van der Waals surface area contributed by atoms with Gasteiger partial charge in [-0.1, -0.05) is 6.92 Å². The van der Waals surface area contributed by atoms with E-state index in [1.807, 2.05) is 12.3 Å². The van der Waals surface area contributed by atoms with Crippen LogP contribution in [0.1, 0.15) is 12.5 Å². The quantitative estimate of drug-likeness (QED) is 0.535. The van der Waals surface area contributed by atoms with Crippen molar-refractivity contribution in [2.45, 2.75) is 13.3 Å². The van der Waals surface area contributed by atoms with Gasteiger partial charge in [0.2, 0.25) is 0 Å². The average molecular weight is 233 g/mol. The van der Waals surface area contributed by atoms with E-state index in [1.54, 1.807) is 0 Å². The number of aromatic nitrogens is 1. The van der Waals surface area contributed by atoms with Crippen LogP contribution in [0, 0.1) is 3.70 Å². The lowest BCUT2D eigenvalue weighted by molar-refractivity contribution is 1.11. The van der Waals surface area contributed by atoms with Crippen molar-refractivity contribution in [2.24, 2.45) is 0 Å². The molecule has 0 unspecified atom stereocenters. The van der Waals surface area contributed by atoms with Gasteiger partial charge in [0.1, 0.15) is 3.70 Å². The second kappa shape index (κ2) is 3.15. The number of halogens is 1. The lowest BCUT2D eigenvalue weighted by atomic mass is 10.2. The maximum absolute atomic E-state index is 4.07. The molecule has 1 heterocycles. The molecule has 0 bridgehead atoms. The SMILES string of the molecule is CCc1ccnc(I)c1. The average Bonchev–Trinajstić information content (AvgIpc) is 1.88. The van der Waals surface area contributed by atoms with Crippen molar-refractivity contribution in [3.05, 3.63) is 27.6 Å². The van der Waals surface area contributed by atoms with Crippen LogP contribution < -0.4 is 0 Å². The molecule has 0 aliphatic rings. The van der Waals surface area contributed by atoms with Crippen LogP contribution in [0.15, 0.2) is 18.3 Å². The van der Waals surface area contributed by atoms with Gasteiger partial charge in [-0.25, -0.2) is 0 Å². The Kier molecular flexibility index (Phi) is 2.45. The van der Waals surface area contributed by atoms with E-state index < -0.39 is 0 Å². The van der Waals surface area contributed by atoms with Gasteiger partial charge in [0, 0.05) is 6.20 Å². The Bertz CT molecular complexity index is 198. The van der Waals surface area contributed by atoms with Gasteiger partial charge in [-0.15, -0.1) is 0 Å². The third-order valence-corrected chi connectivity index (χ3v) is 1.79. The van der Waals surface area contributed by atoms with Crippen LogP contribution in [0.25, 0.3) is 0 Å². The van der Waals surface area contributed by atoms with E-state index in [-0.39, 0.29) is 0 Å². The molecule has 1 nitrogen and oxygen atoms in total. The zero-order chi connectivity index (χ0) is 6.69. The molecule has 0 saturated heterocycles. The molecule has 0 atom stereocenters. The normalized spacial score (nSPS) is 9.56. The minimum atomic E-state index is 1.08. The lowest BCUT2D eigenvalue weighted by Gasteiger charge is -1.93. The van der Waals surface area contributed by atoms with Gasteiger partial charge < -0.3 is 0 Å². The minimum absolute atomic E-state index is 1.08. The van der Waals surface area contributed by atoms with E-state index in [1.165, 1.54) is 5.56 Å². The molecule has 1 rings (SSSR count). The summed E-state index contributed by atoms with van der Waals surface area (Å²) in [5, 5.41) is 0. The summed E-state index contributed by atoms with van der Waals surface area (Å²) in [5.74, 6) is 0. The summed E-state index contributed by atoms with van der Waals surface area (Å²) in [6.45, 7) is 2.14. The summed E-state index contributed by atoms with van der Waals surface area (Å²) in [5.41, 5.74) is 1.36. The number of nitrogens with zero attached hydrogens (tertiary/aromatic N) is 1. The fourth-order valence-corrected chi connectivity index (χ4v) is 1.22. The van der Waals surface area contributed by atoms with Crippen molar-refractivity contribution in [3.63, 3.8) is 0 Å². The molecule has 2 heteroatoms. The van der Waals surface area contributed by atoms with Crippen molar-refractivity contribution < 1.29 is 0 Å². The number of rotatable bonds is 1. The van der Waals surface area contributed by atoms with E-state index in [0.29, 0.717) is 0 Å². The predicted molar refractivity (Wildman–Crippen MR) is 46.3 cm³/mol. The van der Waals surface area contributed by atoms with Gasteiger partial charge in [0.25, 0.3) is 0 Å². The van der Waals surface area contributed by atoms with Crippen LogP contribution in [0.2, 0.25) is 0 Å². The summed E-state index contributed by atoms with van der Waals surface area (Å²) >= 11 is 2.22. The van der Waals surface area contributed by atoms with Gasteiger partial charge in [-0.2, -0.15) is 0 Å². The molecule has 0 fully saturated rings. The third-order valence-electron chi connectivity index (χ3n) is 1.20. The molecule has 0 aliphatic heterocycles. The molecule has 0 spiro atoms. The number of aryl methyl sites for hydroxylation is 1. The smallest absolute Gasteiger partial charge is 0.101 e. The summed E-state index contributed by atoms with van der Waals surface area (Å²) < 4.78 is 1.08. The van der Waals surface area contributed by atoms with Gasteiger partial charge in [0.15, 0.2) is 0 Å². The first kappa shape index (κ1) is 6.99. The molecule has 9 heavy (non-hydrogen) atoms. The zero-order valence-electron chi connectivity index (χ0n) is 5.26. The minimum Gasteiger partial charge on any atom is -0.250 e. The maximum Gasteiger partial charge on any atom is 0.101 e. The molecule has 48 valence electrons. The monoisotopic (exact) mass is 233 g/mol. The molecule has 1 aromatic rings. The van der Waals surface area contributed by atoms with Crippen LogP contribution in [0.3, 0.4) is 0 Å². The Morgan fingerprint density at radius 3 is 2.89 bits per heavy atom. The van der Waals surface area contributed by atoms with Crippen LogP contribution in [-0.2, 0) is 6.42 Å². The number of hydrogen-bond acceptors (Lipinski definition) is 1. The predicted octanol–water partition coefficient (Wildman–Crippen LogP) is 2.25. The van der Waals surface area contributed by atoms with Gasteiger partial charge in [0.05, 0.1) is 0 Å². The summed E-state index contributed by atoms with van der Waals surface area (Å²) in [6.07, 6.45) is 2.94. The van der Waals surface area contributed by atoms with Crippen molar-refractivity contribution in [1.82, 2.24) is 4.98 Å². The van der Waals surface area contributed by atoms with Crippen molar-refractivity contribution in [1.29, 1.82) is 0 Å². The van der Waals surface area contributed by atoms with E-state index in [0.717, 1.165) is 10.1 Å². The molecule has 0 N–H and O–H groups in total. The third kappa shape index (κ3) is 1.93. The molecule has 0 amide bonds. The van der Waals surface area contributed by atoms with E-state index in [4.69, 9.17) is 0 Å². The fourth-order valence-electron chi connectivity index (χ4n) is 0.662. The Hall–Kier alpha value is -0.120. The standard InChI is InChI=1S/C7H8IN/c1-2-6-3-4-9-7(8)5-6/h3-5H,2H2,1H3. The van der Waals surface area contributed by atoms with Gasteiger partial charge in [-0.05, 0) is 46.7 Å². The highest BCUT2D eigenvalue weighted by Crippen LogP contribution is 2.03. The molecule has 0 aromatic carbocycles. The molecular formula is C7H8IN. The zero-order valence-corrected chi connectivity index (χ0v) is 7.42. The summed E-state index contributed by atoms with van der Waals surface area (Å²) in [6, 6.07) is 4.14.